The second-order valence-corrected chi connectivity index (χ2v) is 6.79. The lowest BCUT2D eigenvalue weighted by molar-refractivity contribution is 0.0368. The molecule has 1 aromatic carbocycles. The fourth-order valence-electron chi connectivity index (χ4n) is 2.40. The van der Waals surface area contributed by atoms with Crippen LogP contribution in [0.3, 0.4) is 0 Å². The van der Waals surface area contributed by atoms with Gasteiger partial charge in [-0.25, -0.2) is 13.6 Å². The number of morpholine rings is 1. The van der Waals surface area contributed by atoms with E-state index in [1.165, 1.54) is 6.07 Å². The summed E-state index contributed by atoms with van der Waals surface area (Å²) >= 11 is 0. The van der Waals surface area contributed by atoms with Crippen LogP contribution in [0.5, 0.6) is 0 Å². The van der Waals surface area contributed by atoms with Crippen molar-refractivity contribution in [2.75, 3.05) is 43.9 Å². The topological polar surface area (TPSA) is 111 Å². The van der Waals surface area contributed by atoms with Crippen LogP contribution in [0, 0.1) is 0 Å². The standard InChI is InChI=1S/C13H22N4O3S/c1-10(9-17-4-6-20-7-5-17)16-11-2-3-13(12(14)8-11)21(15,18)19/h2-3,8,10,16H,4-7,9,14H2,1H3,(H2,15,18,19). The lowest BCUT2D eigenvalue weighted by atomic mass is 10.2. The summed E-state index contributed by atoms with van der Waals surface area (Å²) in [7, 11) is -3.78. The van der Waals surface area contributed by atoms with Crippen molar-refractivity contribution in [1.29, 1.82) is 0 Å². The van der Waals surface area contributed by atoms with E-state index in [0.29, 0.717) is 0 Å². The van der Waals surface area contributed by atoms with E-state index >= 15 is 0 Å². The maximum atomic E-state index is 11.3. The van der Waals surface area contributed by atoms with Crippen LogP contribution < -0.4 is 16.2 Å². The molecule has 1 atom stereocenters. The summed E-state index contributed by atoms with van der Waals surface area (Å²) in [5, 5.41) is 8.40. The quantitative estimate of drug-likeness (QED) is 0.662. The average Bonchev–Trinajstić information content (AvgIpc) is 2.38. The van der Waals surface area contributed by atoms with Crippen LogP contribution in [-0.4, -0.2) is 52.2 Å². The lowest BCUT2D eigenvalue weighted by Gasteiger charge is -2.29. The van der Waals surface area contributed by atoms with Crippen molar-refractivity contribution in [3.63, 3.8) is 0 Å². The number of hydrogen-bond donors (Lipinski definition) is 3. The molecule has 0 radical (unpaired) electrons. The van der Waals surface area contributed by atoms with E-state index in [2.05, 4.69) is 17.1 Å². The first-order valence-corrected chi connectivity index (χ1v) is 8.40. The Balaban J connectivity index is 1.97. The van der Waals surface area contributed by atoms with Crippen LogP contribution >= 0.6 is 0 Å². The number of nitrogens with two attached hydrogens (primary N) is 2. The highest BCUT2D eigenvalue weighted by molar-refractivity contribution is 7.89. The first kappa shape index (κ1) is 16.0. The predicted molar refractivity (Wildman–Crippen MR) is 82.6 cm³/mol. The lowest BCUT2D eigenvalue weighted by Crippen LogP contribution is -2.42. The van der Waals surface area contributed by atoms with E-state index in [1.54, 1.807) is 12.1 Å². The maximum absolute atomic E-state index is 11.3. The number of benzene rings is 1. The van der Waals surface area contributed by atoms with Crippen LogP contribution in [-0.2, 0) is 14.8 Å². The van der Waals surface area contributed by atoms with Crippen molar-refractivity contribution in [3.8, 4) is 0 Å². The highest BCUT2D eigenvalue weighted by Gasteiger charge is 2.15. The molecular weight excluding hydrogens is 292 g/mol. The van der Waals surface area contributed by atoms with Gasteiger partial charge in [-0.15, -0.1) is 0 Å². The Morgan fingerprint density at radius 3 is 2.62 bits per heavy atom. The third kappa shape index (κ3) is 4.57. The van der Waals surface area contributed by atoms with Gasteiger partial charge in [-0.1, -0.05) is 0 Å². The molecular formula is C13H22N4O3S. The van der Waals surface area contributed by atoms with Gasteiger partial charge < -0.3 is 15.8 Å². The predicted octanol–water partition coefficient (Wildman–Crippen LogP) is 0.0488. The summed E-state index contributed by atoms with van der Waals surface area (Å²) in [6.07, 6.45) is 0. The Morgan fingerprint density at radius 1 is 1.38 bits per heavy atom. The molecule has 0 bridgehead atoms. The van der Waals surface area contributed by atoms with Gasteiger partial charge in [-0.3, -0.25) is 4.90 Å². The van der Waals surface area contributed by atoms with E-state index < -0.39 is 10.0 Å². The van der Waals surface area contributed by atoms with Crippen LogP contribution in [0.15, 0.2) is 23.1 Å². The fraction of sp³-hybridized carbons (Fsp3) is 0.538. The number of nitrogens with zero attached hydrogens (tertiary/aromatic N) is 1. The smallest absolute Gasteiger partial charge is 0.240 e. The van der Waals surface area contributed by atoms with Crippen molar-refractivity contribution in [1.82, 2.24) is 4.90 Å². The number of anilines is 2. The van der Waals surface area contributed by atoms with Crippen molar-refractivity contribution in [2.24, 2.45) is 5.14 Å². The number of nitrogens with one attached hydrogen (secondary N) is 1. The fourth-order valence-corrected chi connectivity index (χ4v) is 3.04. The number of nitrogen functional groups attached to an aromatic ring is 1. The minimum Gasteiger partial charge on any atom is -0.398 e. The summed E-state index contributed by atoms with van der Waals surface area (Å²) in [6.45, 7) is 6.35. The summed E-state index contributed by atoms with van der Waals surface area (Å²) in [4.78, 5) is 2.28. The van der Waals surface area contributed by atoms with Gasteiger partial charge in [-0.2, -0.15) is 0 Å². The molecule has 0 spiro atoms. The second-order valence-electron chi connectivity index (χ2n) is 5.26. The van der Waals surface area contributed by atoms with E-state index in [-0.39, 0.29) is 16.6 Å². The Labute approximate surface area is 125 Å². The van der Waals surface area contributed by atoms with Gasteiger partial charge in [0.05, 0.1) is 18.9 Å². The molecule has 1 unspecified atom stereocenters. The van der Waals surface area contributed by atoms with Crippen LogP contribution in [0.2, 0.25) is 0 Å². The molecule has 1 aromatic rings. The van der Waals surface area contributed by atoms with Gasteiger partial charge >= 0.3 is 0 Å². The van der Waals surface area contributed by atoms with Crippen molar-refractivity contribution < 1.29 is 13.2 Å². The molecule has 21 heavy (non-hydrogen) atoms. The van der Waals surface area contributed by atoms with Crippen molar-refractivity contribution in [2.45, 2.75) is 17.9 Å². The molecule has 118 valence electrons. The van der Waals surface area contributed by atoms with E-state index in [0.717, 1.165) is 38.5 Å². The molecule has 7 nitrogen and oxygen atoms in total. The molecule has 1 saturated heterocycles. The monoisotopic (exact) mass is 314 g/mol. The molecule has 1 aliphatic rings. The minimum absolute atomic E-state index is 0.0473. The van der Waals surface area contributed by atoms with Crippen LogP contribution in [0.4, 0.5) is 11.4 Å². The third-order valence-corrected chi connectivity index (χ3v) is 4.35. The molecule has 5 N–H and O–H groups in total. The summed E-state index contributed by atoms with van der Waals surface area (Å²) in [5.41, 5.74) is 6.67. The van der Waals surface area contributed by atoms with Gasteiger partial charge in [0.1, 0.15) is 4.90 Å². The van der Waals surface area contributed by atoms with Crippen molar-refractivity contribution in [3.05, 3.63) is 18.2 Å². The average molecular weight is 314 g/mol. The largest absolute Gasteiger partial charge is 0.398 e. The number of sulfonamides is 1. The maximum Gasteiger partial charge on any atom is 0.240 e. The first-order valence-electron chi connectivity index (χ1n) is 6.85. The summed E-state index contributed by atoms with van der Waals surface area (Å²) in [6, 6.07) is 4.90. The molecule has 1 heterocycles. The SMILES string of the molecule is CC(CN1CCOCC1)Nc1ccc(S(N)(=O)=O)c(N)c1. The minimum atomic E-state index is -3.78. The molecule has 1 fully saturated rings. The first-order chi connectivity index (χ1) is 9.86. The van der Waals surface area contributed by atoms with Gasteiger partial charge in [0.15, 0.2) is 0 Å². The number of ether oxygens (including phenoxy) is 1. The van der Waals surface area contributed by atoms with Crippen LogP contribution in [0.25, 0.3) is 0 Å². The number of rotatable bonds is 5. The summed E-state index contributed by atoms with van der Waals surface area (Å²) in [5.74, 6) is 0. The zero-order valence-electron chi connectivity index (χ0n) is 12.1. The zero-order valence-corrected chi connectivity index (χ0v) is 12.9. The Bertz CT molecular complexity index is 585. The summed E-state index contributed by atoms with van der Waals surface area (Å²) < 4.78 is 27.9. The van der Waals surface area contributed by atoms with Gasteiger partial charge in [0.25, 0.3) is 0 Å². The Hall–Kier alpha value is -1.35. The molecule has 1 aliphatic heterocycles. The molecule has 0 amide bonds. The van der Waals surface area contributed by atoms with E-state index in [9.17, 15) is 8.42 Å². The molecule has 8 heteroatoms. The highest BCUT2D eigenvalue weighted by atomic mass is 32.2. The molecule has 0 saturated carbocycles. The van der Waals surface area contributed by atoms with E-state index in [1.807, 2.05) is 0 Å². The number of primary sulfonamides is 1. The van der Waals surface area contributed by atoms with Gasteiger partial charge in [-0.05, 0) is 25.1 Å². The van der Waals surface area contributed by atoms with Gasteiger partial charge in [0, 0.05) is 31.4 Å². The highest BCUT2D eigenvalue weighted by Crippen LogP contribution is 2.21. The normalized spacial score (nSPS) is 18.4. The second kappa shape index (κ2) is 6.61. The van der Waals surface area contributed by atoms with Crippen molar-refractivity contribution >= 4 is 21.4 Å². The number of hydrogen-bond acceptors (Lipinski definition) is 6. The van der Waals surface area contributed by atoms with Gasteiger partial charge in [0.2, 0.25) is 10.0 Å². The molecule has 2 rings (SSSR count). The van der Waals surface area contributed by atoms with E-state index in [4.69, 9.17) is 15.6 Å². The molecule has 0 aromatic heterocycles. The zero-order chi connectivity index (χ0) is 15.5. The Kier molecular flexibility index (Phi) is 5.04. The van der Waals surface area contributed by atoms with Crippen LogP contribution in [0.1, 0.15) is 6.92 Å². The molecule has 0 aliphatic carbocycles. The third-order valence-electron chi connectivity index (χ3n) is 3.37. The Morgan fingerprint density at radius 2 is 2.05 bits per heavy atom.